The third kappa shape index (κ3) is 5.14. The second kappa shape index (κ2) is 9.69. The number of hydrogen-bond acceptors (Lipinski definition) is 4. The Bertz CT molecular complexity index is 1140. The highest BCUT2D eigenvalue weighted by Gasteiger charge is 2.34. The molecule has 0 aliphatic carbocycles. The Morgan fingerprint density at radius 2 is 1.76 bits per heavy atom. The fourth-order valence-electron chi connectivity index (χ4n) is 4.50. The molecule has 2 fully saturated rings. The Labute approximate surface area is 195 Å². The van der Waals surface area contributed by atoms with Gasteiger partial charge in [0.25, 0.3) is 5.91 Å². The number of sulfonamides is 1. The molecule has 1 aromatic carbocycles. The minimum atomic E-state index is -3.81. The van der Waals surface area contributed by atoms with Crippen LogP contribution in [0, 0.1) is 19.8 Å². The molecule has 2 saturated heterocycles. The quantitative estimate of drug-likeness (QED) is 0.697. The number of likely N-dealkylation sites (tertiary alicyclic amines) is 1. The zero-order valence-corrected chi connectivity index (χ0v) is 20.1. The van der Waals surface area contributed by atoms with Crippen LogP contribution in [0.1, 0.15) is 53.7 Å². The summed E-state index contributed by atoms with van der Waals surface area (Å²) >= 11 is 0. The SMILES string of the molecule is Cc1ccc(NC(=O)[C@H]2CCCN(S(=O)(=O)c3c[nH]c(C(=O)N4CCCCC4)c3)C2)cc1C. The highest BCUT2D eigenvalue weighted by molar-refractivity contribution is 7.89. The molecule has 0 spiro atoms. The Morgan fingerprint density at radius 1 is 1.00 bits per heavy atom. The third-order valence-electron chi connectivity index (χ3n) is 6.70. The number of aryl methyl sites for hydroxylation is 2. The van der Waals surface area contributed by atoms with Crippen molar-refractivity contribution >= 4 is 27.5 Å². The van der Waals surface area contributed by atoms with E-state index in [4.69, 9.17) is 0 Å². The summed E-state index contributed by atoms with van der Waals surface area (Å²) in [6, 6.07) is 7.16. The molecule has 0 saturated carbocycles. The molecule has 3 heterocycles. The van der Waals surface area contributed by atoms with E-state index in [1.54, 1.807) is 4.90 Å². The zero-order chi connectivity index (χ0) is 23.6. The molecule has 0 radical (unpaired) electrons. The van der Waals surface area contributed by atoms with Crippen molar-refractivity contribution in [2.45, 2.75) is 50.8 Å². The monoisotopic (exact) mass is 472 g/mol. The molecule has 2 amide bonds. The van der Waals surface area contributed by atoms with E-state index in [0.717, 1.165) is 36.1 Å². The van der Waals surface area contributed by atoms with Crippen LogP contribution < -0.4 is 5.32 Å². The Balaban J connectivity index is 1.43. The van der Waals surface area contributed by atoms with Gasteiger partial charge in [-0.15, -0.1) is 0 Å². The van der Waals surface area contributed by atoms with Gasteiger partial charge in [0.15, 0.2) is 0 Å². The van der Waals surface area contributed by atoms with E-state index in [1.165, 1.54) is 16.6 Å². The molecule has 4 rings (SSSR count). The van der Waals surface area contributed by atoms with Crippen LogP contribution in [0.4, 0.5) is 5.69 Å². The van der Waals surface area contributed by atoms with Gasteiger partial charge >= 0.3 is 0 Å². The largest absolute Gasteiger partial charge is 0.356 e. The third-order valence-corrected chi connectivity index (χ3v) is 8.54. The molecule has 2 aromatic rings. The number of nitrogens with zero attached hydrogens (tertiary/aromatic N) is 2. The summed E-state index contributed by atoms with van der Waals surface area (Å²) in [6.07, 6.45) is 5.67. The Morgan fingerprint density at radius 3 is 2.48 bits per heavy atom. The number of aromatic nitrogens is 1. The second-order valence-electron chi connectivity index (χ2n) is 9.09. The molecule has 2 aliphatic rings. The second-order valence-corrected chi connectivity index (χ2v) is 11.0. The summed E-state index contributed by atoms with van der Waals surface area (Å²) in [5.41, 5.74) is 3.24. The smallest absolute Gasteiger partial charge is 0.270 e. The van der Waals surface area contributed by atoms with E-state index in [-0.39, 0.29) is 28.9 Å². The van der Waals surface area contributed by atoms with Gasteiger partial charge in [0, 0.05) is 38.1 Å². The molecule has 8 nitrogen and oxygen atoms in total. The first-order chi connectivity index (χ1) is 15.8. The first kappa shape index (κ1) is 23.5. The lowest BCUT2D eigenvalue weighted by Gasteiger charge is -2.31. The number of amides is 2. The predicted molar refractivity (Wildman–Crippen MR) is 127 cm³/mol. The maximum absolute atomic E-state index is 13.3. The molecule has 178 valence electrons. The molecule has 2 N–H and O–H groups in total. The number of nitrogens with one attached hydrogen (secondary N) is 2. The van der Waals surface area contributed by atoms with Gasteiger partial charge in [-0.3, -0.25) is 9.59 Å². The maximum atomic E-state index is 13.3. The van der Waals surface area contributed by atoms with Crippen LogP contribution in [0.25, 0.3) is 0 Å². The van der Waals surface area contributed by atoms with Crippen molar-refractivity contribution in [3.05, 3.63) is 47.3 Å². The van der Waals surface area contributed by atoms with Gasteiger partial charge in [-0.25, -0.2) is 8.42 Å². The zero-order valence-electron chi connectivity index (χ0n) is 19.3. The molecule has 33 heavy (non-hydrogen) atoms. The Hall–Kier alpha value is -2.65. The molecular weight excluding hydrogens is 440 g/mol. The normalized spacial score (nSPS) is 19.9. The van der Waals surface area contributed by atoms with Crippen molar-refractivity contribution in [1.29, 1.82) is 0 Å². The van der Waals surface area contributed by atoms with Crippen LogP contribution >= 0.6 is 0 Å². The van der Waals surface area contributed by atoms with E-state index in [0.29, 0.717) is 32.5 Å². The van der Waals surface area contributed by atoms with Crippen molar-refractivity contribution < 1.29 is 18.0 Å². The number of piperidine rings is 2. The number of H-pyrrole nitrogens is 1. The molecule has 0 unspecified atom stereocenters. The summed E-state index contributed by atoms with van der Waals surface area (Å²) in [6.45, 7) is 5.88. The molecule has 2 aliphatic heterocycles. The van der Waals surface area contributed by atoms with E-state index >= 15 is 0 Å². The Kier molecular flexibility index (Phi) is 6.90. The van der Waals surface area contributed by atoms with Crippen LogP contribution in [-0.4, -0.2) is 60.6 Å². The number of hydrogen-bond donors (Lipinski definition) is 2. The van der Waals surface area contributed by atoms with Crippen molar-refractivity contribution in [2.24, 2.45) is 5.92 Å². The topological polar surface area (TPSA) is 103 Å². The summed E-state index contributed by atoms with van der Waals surface area (Å²) in [7, 11) is -3.81. The standard InChI is InChI=1S/C24H32N4O4S/c1-17-8-9-20(13-18(17)2)26-23(29)19-7-6-12-28(16-19)33(31,32)21-14-22(25-15-21)24(30)27-10-4-3-5-11-27/h8-9,13-15,19,25H,3-7,10-12,16H2,1-2H3,(H,26,29)/t19-/m0/s1. The van der Waals surface area contributed by atoms with Gasteiger partial charge in [-0.05, 0) is 75.3 Å². The van der Waals surface area contributed by atoms with Gasteiger partial charge < -0.3 is 15.2 Å². The van der Waals surface area contributed by atoms with Gasteiger partial charge in [0.2, 0.25) is 15.9 Å². The lowest BCUT2D eigenvalue weighted by atomic mass is 9.98. The lowest BCUT2D eigenvalue weighted by molar-refractivity contribution is -0.120. The predicted octanol–water partition coefficient (Wildman–Crippen LogP) is 3.30. The van der Waals surface area contributed by atoms with Gasteiger partial charge in [-0.2, -0.15) is 4.31 Å². The van der Waals surface area contributed by atoms with Crippen LogP contribution in [0.15, 0.2) is 35.4 Å². The number of carbonyl (C=O) groups is 2. The first-order valence-electron chi connectivity index (χ1n) is 11.6. The number of anilines is 1. The minimum Gasteiger partial charge on any atom is -0.356 e. The minimum absolute atomic E-state index is 0.0677. The van der Waals surface area contributed by atoms with Crippen LogP contribution in [-0.2, 0) is 14.8 Å². The van der Waals surface area contributed by atoms with E-state index < -0.39 is 15.9 Å². The van der Waals surface area contributed by atoms with Crippen LogP contribution in [0.2, 0.25) is 0 Å². The van der Waals surface area contributed by atoms with E-state index in [2.05, 4.69) is 10.3 Å². The summed E-state index contributed by atoms with van der Waals surface area (Å²) in [4.78, 5) is 30.2. The highest BCUT2D eigenvalue weighted by atomic mass is 32.2. The molecule has 1 aromatic heterocycles. The summed E-state index contributed by atoms with van der Waals surface area (Å²) in [5, 5.41) is 2.93. The van der Waals surface area contributed by atoms with Gasteiger partial charge in [0.05, 0.1) is 5.92 Å². The number of aromatic amines is 1. The van der Waals surface area contributed by atoms with Crippen molar-refractivity contribution in [3.63, 3.8) is 0 Å². The average molecular weight is 473 g/mol. The van der Waals surface area contributed by atoms with E-state index in [1.807, 2.05) is 32.0 Å². The van der Waals surface area contributed by atoms with Gasteiger partial charge in [0.1, 0.15) is 10.6 Å². The molecular formula is C24H32N4O4S. The molecule has 9 heteroatoms. The molecule has 1 atom stereocenters. The highest BCUT2D eigenvalue weighted by Crippen LogP contribution is 2.26. The summed E-state index contributed by atoms with van der Waals surface area (Å²) < 4.78 is 27.9. The fraction of sp³-hybridized carbons (Fsp3) is 0.500. The van der Waals surface area contributed by atoms with Crippen molar-refractivity contribution in [2.75, 3.05) is 31.5 Å². The molecule has 0 bridgehead atoms. The van der Waals surface area contributed by atoms with Crippen molar-refractivity contribution in [1.82, 2.24) is 14.2 Å². The van der Waals surface area contributed by atoms with Crippen LogP contribution in [0.5, 0.6) is 0 Å². The van der Waals surface area contributed by atoms with Crippen LogP contribution in [0.3, 0.4) is 0 Å². The fourth-order valence-corrected chi connectivity index (χ4v) is 6.02. The first-order valence-corrected chi connectivity index (χ1v) is 13.1. The maximum Gasteiger partial charge on any atom is 0.270 e. The summed E-state index contributed by atoms with van der Waals surface area (Å²) in [5.74, 6) is -0.767. The number of rotatable bonds is 5. The average Bonchev–Trinajstić information content (AvgIpc) is 3.33. The lowest BCUT2D eigenvalue weighted by Crippen LogP contribution is -2.43. The van der Waals surface area contributed by atoms with Gasteiger partial charge in [-0.1, -0.05) is 6.07 Å². The number of carbonyl (C=O) groups excluding carboxylic acids is 2. The van der Waals surface area contributed by atoms with E-state index in [9.17, 15) is 18.0 Å². The van der Waals surface area contributed by atoms with Crippen molar-refractivity contribution in [3.8, 4) is 0 Å². The number of benzene rings is 1.